The normalized spacial score (nSPS) is 21.6. The van der Waals surface area contributed by atoms with Gasteiger partial charge < -0.3 is 11.1 Å². The molecule has 96 valence electrons. The van der Waals surface area contributed by atoms with Gasteiger partial charge in [-0.1, -0.05) is 0 Å². The van der Waals surface area contributed by atoms with E-state index in [2.05, 4.69) is 5.32 Å². The Morgan fingerprint density at radius 3 is 2.65 bits per heavy atom. The highest BCUT2D eigenvalue weighted by Crippen LogP contribution is 2.12. The highest BCUT2D eigenvalue weighted by Gasteiger charge is 2.33. The third-order valence-corrected chi connectivity index (χ3v) is 2.60. The Morgan fingerprint density at radius 1 is 1.53 bits per heavy atom. The average molecular weight is 241 g/mol. The lowest BCUT2D eigenvalue weighted by molar-refractivity contribution is -0.149. The van der Waals surface area contributed by atoms with Gasteiger partial charge in [0.25, 0.3) is 5.91 Å². The molecular formula is C11H19N3O3. The molecule has 1 atom stereocenters. The molecule has 6 heteroatoms. The van der Waals surface area contributed by atoms with Crippen molar-refractivity contribution in [1.82, 2.24) is 10.2 Å². The lowest BCUT2D eigenvalue weighted by Crippen LogP contribution is -2.54. The van der Waals surface area contributed by atoms with Crippen LogP contribution in [0.4, 0.5) is 0 Å². The van der Waals surface area contributed by atoms with Crippen LogP contribution >= 0.6 is 0 Å². The molecule has 0 aliphatic carbocycles. The van der Waals surface area contributed by atoms with E-state index in [1.54, 1.807) is 13.8 Å². The second kappa shape index (κ2) is 4.83. The lowest BCUT2D eigenvalue weighted by atomic mass is 10.00. The molecule has 3 N–H and O–H groups in total. The van der Waals surface area contributed by atoms with E-state index in [1.807, 2.05) is 0 Å². The number of carbonyl (C=O) groups excluding carboxylic acids is 3. The van der Waals surface area contributed by atoms with Crippen molar-refractivity contribution in [2.24, 2.45) is 5.73 Å². The molecule has 1 unspecified atom stereocenters. The molecule has 1 fully saturated rings. The van der Waals surface area contributed by atoms with E-state index in [1.165, 1.54) is 7.05 Å². The largest absolute Gasteiger partial charge is 0.344 e. The second-order valence-corrected chi connectivity index (χ2v) is 5.12. The van der Waals surface area contributed by atoms with Gasteiger partial charge >= 0.3 is 0 Å². The summed E-state index contributed by atoms with van der Waals surface area (Å²) in [5, 5.41) is 2.61. The number of piperidine rings is 1. The number of hydrogen-bond donors (Lipinski definition) is 2. The fraction of sp³-hybridized carbons (Fsp3) is 0.727. The quantitative estimate of drug-likeness (QED) is 0.644. The van der Waals surface area contributed by atoms with E-state index in [4.69, 9.17) is 5.73 Å². The van der Waals surface area contributed by atoms with Crippen molar-refractivity contribution in [1.29, 1.82) is 0 Å². The van der Waals surface area contributed by atoms with Crippen molar-refractivity contribution in [2.75, 3.05) is 7.05 Å². The number of amides is 3. The molecule has 1 rings (SSSR count). The van der Waals surface area contributed by atoms with Crippen LogP contribution in [0.1, 0.15) is 33.1 Å². The molecule has 0 aromatic rings. The van der Waals surface area contributed by atoms with E-state index < -0.39 is 11.6 Å². The molecule has 0 saturated carbocycles. The molecule has 0 radical (unpaired) electrons. The van der Waals surface area contributed by atoms with Crippen LogP contribution in [-0.2, 0) is 14.4 Å². The molecule has 0 aromatic heterocycles. The summed E-state index contributed by atoms with van der Waals surface area (Å²) in [5.41, 5.74) is 5.11. The Bertz CT molecular complexity index is 346. The van der Waals surface area contributed by atoms with Gasteiger partial charge in [0, 0.05) is 25.4 Å². The van der Waals surface area contributed by atoms with Crippen LogP contribution in [0.5, 0.6) is 0 Å². The third-order valence-electron chi connectivity index (χ3n) is 2.60. The van der Waals surface area contributed by atoms with E-state index in [9.17, 15) is 14.4 Å². The summed E-state index contributed by atoms with van der Waals surface area (Å²) in [5.74, 6) is -0.831. The maximum absolute atomic E-state index is 11.7. The molecule has 6 nitrogen and oxygen atoms in total. The number of likely N-dealkylation sites (N-methyl/N-ethyl adjacent to an activating group) is 1. The second-order valence-electron chi connectivity index (χ2n) is 5.12. The van der Waals surface area contributed by atoms with Crippen molar-refractivity contribution in [3.8, 4) is 0 Å². The number of rotatable bonds is 3. The van der Waals surface area contributed by atoms with Crippen LogP contribution in [0.25, 0.3) is 0 Å². The standard InChI is InChI=1S/C11H19N3O3/c1-11(2,12)6-8(15)13-7-4-5-9(16)14(3)10(7)17/h7H,4-6,12H2,1-3H3,(H,13,15). The molecule has 0 aromatic carbocycles. The maximum Gasteiger partial charge on any atom is 0.251 e. The highest BCUT2D eigenvalue weighted by molar-refractivity contribution is 6.01. The van der Waals surface area contributed by atoms with E-state index in [0.29, 0.717) is 6.42 Å². The number of likely N-dealkylation sites (tertiary alicyclic amines) is 1. The van der Waals surface area contributed by atoms with Gasteiger partial charge in [-0.2, -0.15) is 0 Å². The zero-order chi connectivity index (χ0) is 13.2. The van der Waals surface area contributed by atoms with Crippen molar-refractivity contribution in [2.45, 2.75) is 44.7 Å². The Hall–Kier alpha value is -1.43. The first kappa shape index (κ1) is 13.6. The fourth-order valence-corrected chi connectivity index (χ4v) is 1.71. The van der Waals surface area contributed by atoms with Crippen LogP contribution in [0, 0.1) is 0 Å². The fourth-order valence-electron chi connectivity index (χ4n) is 1.71. The Balaban J connectivity index is 2.55. The highest BCUT2D eigenvalue weighted by atomic mass is 16.2. The topological polar surface area (TPSA) is 92.5 Å². The minimum Gasteiger partial charge on any atom is -0.344 e. The number of hydrogen-bond acceptors (Lipinski definition) is 4. The first-order valence-electron chi connectivity index (χ1n) is 5.59. The van der Waals surface area contributed by atoms with E-state index in [0.717, 1.165) is 4.90 Å². The molecular weight excluding hydrogens is 222 g/mol. The summed E-state index contributed by atoms with van der Waals surface area (Å²) in [6.07, 6.45) is 0.784. The van der Waals surface area contributed by atoms with Crippen molar-refractivity contribution < 1.29 is 14.4 Å². The summed E-state index contributed by atoms with van der Waals surface area (Å²) in [6.45, 7) is 3.48. The van der Waals surface area contributed by atoms with Crippen molar-refractivity contribution >= 4 is 17.7 Å². The zero-order valence-electron chi connectivity index (χ0n) is 10.4. The molecule has 17 heavy (non-hydrogen) atoms. The Morgan fingerprint density at radius 2 is 2.12 bits per heavy atom. The average Bonchev–Trinajstić information content (AvgIpc) is 2.16. The van der Waals surface area contributed by atoms with E-state index >= 15 is 0 Å². The smallest absolute Gasteiger partial charge is 0.251 e. The van der Waals surface area contributed by atoms with Crippen LogP contribution in [0.15, 0.2) is 0 Å². The molecule has 3 amide bonds. The summed E-state index contributed by atoms with van der Waals surface area (Å²) in [6, 6.07) is -0.604. The Kier molecular flexibility index (Phi) is 3.87. The van der Waals surface area contributed by atoms with Crippen molar-refractivity contribution in [3.05, 3.63) is 0 Å². The molecule has 0 spiro atoms. The van der Waals surface area contributed by atoms with Gasteiger partial charge in [0.15, 0.2) is 0 Å². The van der Waals surface area contributed by atoms with Crippen LogP contribution in [0.3, 0.4) is 0 Å². The molecule has 0 bridgehead atoms. The Labute approximate surface area is 101 Å². The predicted molar refractivity (Wildman–Crippen MR) is 61.8 cm³/mol. The maximum atomic E-state index is 11.7. The summed E-state index contributed by atoms with van der Waals surface area (Å²) >= 11 is 0. The van der Waals surface area contributed by atoms with Gasteiger partial charge in [-0.05, 0) is 20.3 Å². The van der Waals surface area contributed by atoms with Gasteiger partial charge in [-0.25, -0.2) is 0 Å². The number of nitrogens with one attached hydrogen (secondary N) is 1. The first-order chi connectivity index (χ1) is 7.70. The van der Waals surface area contributed by atoms with Gasteiger partial charge in [0.1, 0.15) is 6.04 Å². The summed E-state index contributed by atoms with van der Waals surface area (Å²) in [7, 11) is 1.43. The summed E-state index contributed by atoms with van der Waals surface area (Å²) < 4.78 is 0. The zero-order valence-corrected chi connectivity index (χ0v) is 10.4. The number of nitrogens with two attached hydrogens (primary N) is 1. The number of nitrogens with zero attached hydrogens (tertiary/aromatic N) is 1. The third kappa shape index (κ3) is 3.81. The van der Waals surface area contributed by atoms with Gasteiger partial charge in [-0.3, -0.25) is 19.3 Å². The number of imide groups is 1. The minimum atomic E-state index is -0.608. The first-order valence-corrected chi connectivity index (χ1v) is 5.59. The molecule has 1 heterocycles. The van der Waals surface area contributed by atoms with Crippen LogP contribution in [0.2, 0.25) is 0 Å². The van der Waals surface area contributed by atoms with E-state index in [-0.39, 0.29) is 30.6 Å². The minimum absolute atomic E-state index is 0.147. The predicted octanol–water partition coefficient (Wildman–Crippen LogP) is -0.623. The van der Waals surface area contributed by atoms with Crippen LogP contribution < -0.4 is 11.1 Å². The molecule has 1 aliphatic rings. The SMILES string of the molecule is CN1C(=O)CCC(NC(=O)CC(C)(C)N)C1=O. The monoisotopic (exact) mass is 241 g/mol. The number of carbonyl (C=O) groups is 3. The van der Waals surface area contributed by atoms with Crippen molar-refractivity contribution in [3.63, 3.8) is 0 Å². The lowest BCUT2D eigenvalue weighted by Gasteiger charge is -2.29. The van der Waals surface area contributed by atoms with Gasteiger partial charge in [0.05, 0.1) is 0 Å². The molecule has 1 aliphatic heterocycles. The van der Waals surface area contributed by atoms with Crippen LogP contribution in [-0.4, -0.2) is 41.2 Å². The summed E-state index contributed by atoms with van der Waals surface area (Å²) in [4.78, 5) is 35.6. The van der Waals surface area contributed by atoms with Gasteiger partial charge in [0.2, 0.25) is 11.8 Å². The van der Waals surface area contributed by atoms with Gasteiger partial charge in [-0.15, -0.1) is 0 Å². The molecule has 1 saturated heterocycles.